The van der Waals surface area contributed by atoms with E-state index in [2.05, 4.69) is 20.4 Å². The van der Waals surface area contributed by atoms with Crippen LogP contribution in [-0.4, -0.2) is 25.9 Å². The summed E-state index contributed by atoms with van der Waals surface area (Å²) in [5.74, 6) is 0. The van der Waals surface area contributed by atoms with Crippen molar-refractivity contribution in [3.05, 3.63) is 12.7 Å². The first-order valence-electron chi connectivity index (χ1n) is 11.6. The third-order valence-electron chi connectivity index (χ3n) is 5.06. The highest BCUT2D eigenvalue weighted by Gasteiger charge is 2.05. The predicted octanol–water partition coefficient (Wildman–Crippen LogP) is 7.86. The average molecular weight is 369 g/mol. The van der Waals surface area contributed by atoms with Gasteiger partial charge in [0.1, 0.15) is 0 Å². The van der Waals surface area contributed by atoms with Crippen LogP contribution in [0.5, 0.6) is 0 Å². The predicted molar refractivity (Wildman–Crippen MR) is 116 cm³/mol. The van der Waals surface area contributed by atoms with Gasteiger partial charge in [-0.2, -0.15) is 0 Å². The van der Waals surface area contributed by atoms with E-state index in [0.717, 1.165) is 32.7 Å². The average Bonchev–Trinajstić information content (AvgIpc) is 2.66. The Hall–Kier alpha value is -0.340. The van der Waals surface area contributed by atoms with Gasteiger partial charge in [0.15, 0.2) is 0 Å². The van der Waals surface area contributed by atoms with Gasteiger partial charge in [0.05, 0.1) is 12.7 Å². The van der Waals surface area contributed by atoms with E-state index in [0.29, 0.717) is 6.10 Å². The molecule has 0 aromatic heterocycles. The summed E-state index contributed by atoms with van der Waals surface area (Å²) in [4.78, 5) is 0. The van der Waals surface area contributed by atoms with Crippen molar-refractivity contribution in [2.75, 3.05) is 19.8 Å². The van der Waals surface area contributed by atoms with E-state index >= 15 is 0 Å². The van der Waals surface area contributed by atoms with Crippen LogP contribution in [-0.2, 0) is 9.47 Å². The van der Waals surface area contributed by atoms with Crippen molar-refractivity contribution in [3.8, 4) is 0 Å². The van der Waals surface area contributed by atoms with Crippen LogP contribution in [0.4, 0.5) is 0 Å². The Labute approximate surface area is 165 Å². The van der Waals surface area contributed by atoms with E-state index in [9.17, 15) is 0 Å². The summed E-state index contributed by atoms with van der Waals surface area (Å²) >= 11 is 0. The number of hydrogen-bond acceptors (Lipinski definition) is 2. The third kappa shape index (κ3) is 20.0. The molecule has 0 spiro atoms. The molecule has 0 rings (SSSR count). The zero-order valence-corrected chi connectivity index (χ0v) is 18.1. The zero-order valence-electron chi connectivity index (χ0n) is 18.1. The smallest absolute Gasteiger partial charge is 0.0805 e. The van der Waals surface area contributed by atoms with Crippen LogP contribution < -0.4 is 0 Å². The molecule has 2 nitrogen and oxygen atoms in total. The molecule has 0 aliphatic carbocycles. The summed E-state index contributed by atoms with van der Waals surface area (Å²) in [5, 5.41) is 0. The Morgan fingerprint density at radius 2 is 1.23 bits per heavy atom. The molecular formula is C24H48O2. The third-order valence-corrected chi connectivity index (χ3v) is 5.06. The minimum atomic E-state index is 0.295. The van der Waals surface area contributed by atoms with Crippen LogP contribution >= 0.6 is 0 Å². The van der Waals surface area contributed by atoms with Crippen LogP contribution in [0.25, 0.3) is 0 Å². The van der Waals surface area contributed by atoms with Crippen molar-refractivity contribution in [3.63, 3.8) is 0 Å². The van der Waals surface area contributed by atoms with Gasteiger partial charge in [-0.05, 0) is 32.1 Å². The van der Waals surface area contributed by atoms with Gasteiger partial charge < -0.3 is 9.47 Å². The van der Waals surface area contributed by atoms with Crippen LogP contribution in [0.15, 0.2) is 12.7 Å². The molecule has 0 radical (unpaired) electrons. The summed E-state index contributed by atoms with van der Waals surface area (Å²) in [6, 6.07) is 0. The Morgan fingerprint density at radius 1 is 0.692 bits per heavy atom. The second-order valence-electron chi connectivity index (χ2n) is 7.65. The van der Waals surface area contributed by atoms with Crippen molar-refractivity contribution in [2.45, 2.75) is 123 Å². The van der Waals surface area contributed by atoms with Gasteiger partial charge in [-0.1, -0.05) is 90.6 Å². The molecule has 1 unspecified atom stereocenters. The second kappa shape index (κ2) is 22.7. The molecule has 0 bridgehead atoms. The first-order chi connectivity index (χ1) is 12.8. The van der Waals surface area contributed by atoms with E-state index in [-0.39, 0.29) is 0 Å². The molecule has 0 saturated carbocycles. The maximum absolute atomic E-state index is 5.83. The van der Waals surface area contributed by atoms with Crippen molar-refractivity contribution in [1.82, 2.24) is 0 Å². The highest BCUT2D eigenvalue weighted by molar-refractivity contribution is 4.65. The van der Waals surface area contributed by atoms with Gasteiger partial charge in [0.25, 0.3) is 0 Å². The van der Waals surface area contributed by atoms with Gasteiger partial charge in [-0.15, -0.1) is 6.58 Å². The summed E-state index contributed by atoms with van der Waals surface area (Å²) in [7, 11) is 0. The van der Waals surface area contributed by atoms with Crippen LogP contribution in [0.3, 0.4) is 0 Å². The van der Waals surface area contributed by atoms with Crippen molar-refractivity contribution in [1.29, 1.82) is 0 Å². The zero-order chi connectivity index (χ0) is 19.1. The number of ether oxygens (including phenoxy) is 2. The number of hydrogen-bond donors (Lipinski definition) is 0. The van der Waals surface area contributed by atoms with Crippen molar-refractivity contribution < 1.29 is 9.47 Å². The fourth-order valence-electron chi connectivity index (χ4n) is 3.15. The summed E-state index contributed by atoms with van der Waals surface area (Å²) in [6.45, 7) is 10.7. The Morgan fingerprint density at radius 3 is 1.73 bits per heavy atom. The molecule has 0 saturated heterocycles. The van der Waals surface area contributed by atoms with E-state index in [4.69, 9.17) is 9.47 Å². The maximum atomic E-state index is 5.83. The lowest BCUT2D eigenvalue weighted by molar-refractivity contribution is -0.0197. The van der Waals surface area contributed by atoms with Gasteiger partial charge >= 0.3 is 0 Å². The van der Waals surface area contributed by atoms with E-state index in [1.807, 2.05) is 6.08 Å². The van der Waals surface area contributed by atoms with Crippen molar-refractivity contribution in [2.24, 2.45) is 0 Å². The van der Waals surface area contributed by atoms with Gasteiger partial charge in [-0.3, -0.25) is 0 Å². The fraction of sp³-hybridized carbons (Fsp3) is 0.917. The maximum Gasteiger partial charge on any atom is 0.0805 e. The lowest BCUT2D eigenvalue weighted by Gasteiger charge is -2.16. The van der Waals surface area contributed by atoms with Gasteiger partial charge in [0.2, 0.25) is 0 Å². The monoisotopic (exact) mass is 368 g/mol. The molecule has 156 valence electrons. The lowest BCUT2D eigenvalue weighted by Crippen LogP contribution is -2.20. The molecule has 0 fully saturated rings. The minimum absolute atomic E-state index is 0.295. The van der Waals surface area contributed by atoms with Crippen molar-refractivity contribution >= 4 is 0 Å². The summed E-state index contributed by atoms with van der Waals surface area (Å²) in [6.07, 6.45) is 23.5. The SMILES string of the molecule is C=CCCCCCCCCCCCCCCOCC(CC)OCCCC. The van der Waals surface area contributed by atoms with E-state index < -0.39 is 0 Å². The fourth-order valence-corrected chi connectivity index (χ4v) is 3.15. The molecule has 0 aromatic carbocycles. The standard InChI is InChI=1S/C24H48O2/c1-4-7-9-10-11-12-13-14-15-16-17-18-19-20-21-25-23-24(6-3)26-22-8-5-2/h4,24H,1,5-23H2,2-3H3. The molecule has 0 aromatic rings. The normalized spacial score (nSPS) is 12.4. The minimum Gasteiger partial charge on any atom is -0.379 e. The number of rotatable bonds is 22. The molecule has 0 aliphatic heterocycles. The molecule has 0 N–H and O–H groups in total. The Bertz CT molecular complexity index is 265. The molecule has 0 aliphatic rings. The largest absolute Gasteiger partial charge is 0.379 e. The molecule has 26 heavy (non-hydrogen) atoms. The first kappa shape index (κ1) is 25.7. The van der Waals surface area contributed by atoms with Crippen LogP contribution in [0.2, 0.25) is 0 Å². The van der Waals surface area contributed by atoms with Gasteiger partial charge in [-0.25, -0.2) is 0 Å². The number of unbranched alkanes of at least 4 members (excludes halogenated alkanes) is 13. The summed E-state index contributed by atoms with van der Waals surface area (Å²) in [5.41, 5.74) is 0. The van der Waals surface area contributed by atoms with Crippen LogP contribution in [0.1, 0.15) is 117 Å². The van der Waals surface area contributed by atoms with E-state index in [1.54, 1.807) is 0 Å². The molecule has 0 heterocycles. The quantitative estimate of drug-likeness (QED) is 0.143. The molecule has 1 atom stereocenters. The Kier molecular flexibility index (Phi) is 22.4. The van der Waals surface area contributed by atoms with Gasteiger partial charge in [0, 0.05) is 13.2 Å². The van der Waals surface area contributed by atoms with Crippen LogP contribution in [0, 0.1) is 0 Å². The second-order valence-corrected chi connectivity index (χ2v) is 7.65. The van der Waals surface area contributed by atoms with E-state index in [1.165, 1.54) is 89.9 Å². The molecule has 0 amide bonds. The highest BCUT2D eigenvalue weighted by Crippen LogP contribution is 2.12. The first-order valence-corrected chi connectivity index (χ1v) is 11.6. The Balaban J connectivity index is 3.15. The molecular weight excluding hydrogens is 320 g/mol. The number of allylic oxidation sites excluding steroid dienone is 1. The molecule has 2 heteroatoms. The highest BCUT2D eigenvalue weighted by atomic mass is 16.5. The lowest BCUT2D eigenvalue weighted by atomic mass is 10.0. The summed E-state index contributed by atoms with van der Waals surface area (Å²) < 4.78 is 11.6. The topological polar surface area (TPSA) is 18.5 Å².